The minimum Gasteiger partial charge on any atom is -0.479 e. The van der Waals surface area contributed by atoms with E-state index >= 15 is 0 Å². The number of fused-ring (bicyclic) bond motifs is 1. The highest BCUT2D eigenvalue weighted by Crippen LogP contribution is 2.28. The van der Waals surface area contributed by atoms with Crippen molar-refractivity contribution in [3.63, 3.8) is 0 Å². The molecule has 0 radical (unpaired) electrons. The van der Waals surface area contributed by atoms with Gasteiger partial charge in [-0.3, -0.25) is 0 Å². The third-order valence-corrected chi connectivity index (χ3v) is 4.42. The van der Waals surface area contributed by atoms with Gasteiger partial charge in [-0.25, -0.2) is 14.8 Å². The van der Waals surface area contributed by atoms with Crippen molar-refractivity contribution in [1.82, 2.24) is 9.97 Å². The van der Waals surface area contributed by atoms with Crippen molar-refractivity contribution in [3.05, 3.63) is 40.0 Å². The van der Waals surface area contributed by atoms with E-state index in [2.05, 4.69) is 15.3 Å². The summed E-state index contributed by atoms with van der Waals surface area (Å²) in [4.78, 5) is 20.8. The summed E-state index contributed by atoms with van der Waals surface area (Å²) >= 11 is 1.43. The number of aliphatic carboxylic acids is 1. The number of rotatable bonds is 4. The second-order valence-corrected chi connectivity index (χ2v) is 5.76. The SMILES string of the molecule is O=C(O)C(Nc1ncnc2c1CCCC2)c1cccs1. The molecule has 1 unspecified atom stereocenters. The molecule has 0 amide bonds. The zero-order valence-corrected chi connectivity index (χ0v) is 11.7. The van der Waals surface area contributed by atoms with Gasteiger partial charge < -0.3 is 10.4 Å². The molecule has 0 aromatic carbocycles. The molecule has 2 aromatic rings. The van der Waals surface area contributed by atoms with Crippen LogP contribution >= 0.6 is 11.3 Å². The number of nitrogens with one attached hydrogen (secondary N) is 1. The van der Waals surface area contributed by atoms with E-state index < -0.39 is 12.0 Å². The monoisotopic (exact) mass is 289 g/mol. The second kappa shape index (κ2) is 5.58. The number of nitrogens with zero attached hydrogens (tertiary/aromatic N) is 2. The standard InChI is InChI=1S/C14H15N3O2S/c18-14(19)12(11-6-3-7-20-11)17-13-9-4-1-2-5-10(9)15-8-16-13/h3,6-8,12H,1-2,4-5H2,(H,18,19)(H,15,16,17). The van der Waals surface area contributed by atoms with Crippen molar-refractivity contribution in [2.24, 2.45) is 0 Å². The van der Waals surface area contributed by atoms with Gasteiger partial charge in [-0.1, -0.05) is 6.07 Å². The fourth-order valence-electron chi connectivity index (χ4n) is 2.49. The van der Waals surface area contributed by atoms with Crippen LogP contribution in [0.3, 0.4) is 0 Å². The molecule has 5 nitrogen and oxygen atoms in total. The Kier molecular flexibility index (Phi) is 3.64. The number of thiophene rings is 1. The van der Waals surface area contributed by atoms with Gasteiger partial charge in [0, 0.05) is 16.1 Å². The zero-order valence-electron chi connectivity index (χ0n) is 10.9. The molecule has 0 spiro atoms. The maximum absolute atomic E-state index is 11.5. The average Bonchev–Trinajstić information content (AvgIpc) is 2.98. The number of hydrogen-bond donors (Lipinski definition) is 2. The van der Waals surface area contributed by atoms with Crippen LogP contribution in [-0.4, -0.2) is 21.0 Å². The van der Waals surface area contributed by atoms with Gasteiger partial charge in [-0.2, -0.15) is 0 Å². The summed E-state index contributed by atoms with van der Waals surface area (Å²) in [5.74, 6) is -0.230. The lowest BCUT2D eigenvalue weighted by Crippen LogP contribution is -2.22. The molecular weight excluding hydrogens is 274 g/mol. The Balaban J connectivity index is 1.91. The molecule has 104 valence electrons. The number of aromatic nitrogens is 2. The van der Waals surface area contributed by atoms with Gasteiger partial charge in [0.05, 0.1) is 0 Å². The van der Waals surface area contributed by atoms with Gasteiger partial charge in [0.25, 0.3) is 0 Å². The van der Waals surface area contributed by atoms with Crippen LogP contribution in [0.4, 0.5) is 5.82 Å². The highest BCUT2D eigenvalue weighted by Gasteiger charge is 2.24. The molecule has 0 saturated carbocycles. The number of aryl methyl sites for hydroxylation is 1. The molecule has 2 aromatic heterocycles. The quantitative estimate of drug-likeness (QED) is 0.905. The topological polar surface area (TPSA) is 75.1 Å². The molecule has 0 aliphatic heterocycles. The Hall–Kier alpha value is -1.95. The number of carboxylic acid groups (broad SMARTS) is 1. The second-order valence-electron chi connectivity index (χ2n) is 4.79. The van der Waals surface area contributed by atoms with E-state index in [0.29, 0.717) is 5.82 Å². The number of carbonyl (C=O) groups is 1. The Bertz CT molecular complexity index is 613. The number of carboxylic acids is 1. The van der Waals surface area contributed by atoms with Crippen LogP contribution < -0.4 is 5.32 Å². The van der Waals surface area contributed by atoms with Gasteiger partial charge in [-0.15, -0.1) is 11.3 Å². The van der Waals surface area contributed by atoms with E-state index in [-0.39, 0.29) is 0 Å². The van der Waals surface area contributed by atoms with E-state index in [1.54, 1.807) is 0 Å². The molecule has 2 heterocycles. The van der Waals surface area contributed by atoms with Crippen LogP contribution in [0.2, 0.25) is 0 Å². The predicted molar refractivity (Wildman–Crippen MR) is 77.0 cm³/mol. The van der Waals surface area contributed by atoms with Gasteiger partial charge in [0.2, 0.25) is 0 Å². The predicted octanol–water partition coefficient (Wildman–Crippen LogP) is 2.65. The maximum atomic E-state index is 11.5. The van der Waals surface area contributed by atoms with Gasteiger partial charge in [0.15, 0.2) is 6.04 Å². The third-order valence-electron chi connectivity index (χ3n) is 3.48. The van der Waals surface area contributed by atoms with E-state index in [0.717, 1.165) is 41.8 Å². The Morgan fingerprint density at radius 1 is 1.35 bits per heavy atom. The van der Waals surface area contributed by atoms with Crippen LogP contribution in [-0.2, 0) is 17.6 Å². The molecule has 0 fully saturated rings. The summed E-state index contributed by atoms with van der Waals surface area (Å²) in [6.45, 7) is 0. The molecular formula is C14H15N3O2S. The van der Waals surface area contributed by atoms with Gasteiger partial charge in [0.1, 0.15) is 12.1 Å². The molecule has 6 heteroatoms. The fraction of sp³-hybridized carbons (Fsp3) is 0.357. The minimum atomic E-state index is -0.893. The van der Waals surface area contributed by atoms with Crippen LogP contribution in [0, 0.1) is 0 Å². The normalized spacial score (nSPS) is 15.4. The summed E-state index contributed by atoms with van der Waals surface area (Å²) in [5, 5.41) is 14.4. The molecule has 1 aliphatic rings. The van der Waals surface area contributed by atoms with Crippen molar-refractivity contribution in [2.45, 2.75) is 31.7 Å². The Morgan fingerprint density at radius 3 is 2.95 bits per heavy atom. The van der Waals surface area contributed by atoms with Gasteiger partial charge >= 0.3 is 5.97 Å². The largest absolute Gasteiger partial charge is 0.479 e. The highest BCUT2D eigenvalue weighted by atomic mass is 32.1. The summed E-state index contributed by atoms with van der Waals surface area (Å²) in [5.41, 5.74) is 2.12. The van der Waals surface area contributed by atoms with Crippen LogP contribution in [0.5, 0.6) is 0 Å². The van der Waals surface area contributed by atoms with E-state index in [9.17, 15) is 9.90 Å². The first-order valence-corrected chi connectivity index (χ1v) is 7.49. The Morgan fingerprint density at radius 2 is 2.20 bits per heavy atom. The molecule has 1 aliphatic carbocycles. The number of hydrogen-bond acceptors (Lipinski definition) is 5. The van der Waals surface area contributed by atoms with Crippen LogP contribution in [0.15, 0.2) is 23.8 Å². The van der Waals surface area contributed by atoms with Crippen molar-refractivity contribution in [3.8, 4) is 0 Å². The first-order chi connectivity index (χ1) is 9.75. The van der Waals surface area contributed by atoms with Crippen molar-refractivity contribution >= 4 is 23.1 Å². The molecule has 3 rings (SSSR count). The van der Waals surface area contributed by atoms with Gasteiger partial charge in [-0.05, 0) is 37.1 Å². The lowest BCUT2D eigenvalue weighted by Gasteiger charge is -2.20. The van der Waals surface area contributed by atoms with Crippen LogP contribution in [0.1, 0.15) is 35.0 Å². The van der Waals surface area contributed by atoms with Crippen molar-refractivity contribution < 1.29 is 9.90 Å². The third kappa shape index (κ3) is 2.51. The first-order valence-electron chi connectivity index (χ1n) is 6.61. The molecule has 2 N–H and O–H groups in total. The van der Waals surface area contributed by atoms with Crippen LogP contribution in [0.25, 0.3) is 0 Å². The smallest absolute Gasteiger partial charge is 0.331 e. The minimum absolute atomic E-state index is 0.663. The maximum Gasteiger partial charge on any atom is 0.331 e. The lowest BCUT2D eigenvalue weighted by molar-refractivity contribution is -0.138. The summed E-state index contributed by atoms with van der Waals surface area (Å²) in [6.07, 6.45) is 5.61. The number of anilines is 1. The van der Waals surface area contributed by atoms with E-state index in [4.69, 9.17) is 0 Å². The fourth-order valence-corrected chi connectivity index (χ4v) is 3.26. The lowest BCUT2D eigenvalue weighted by atomic mass is 9.96. The Labute approximate surface area is 120 Å². The molecule has 1 atom stereocenters. The first kappa shape index (κ1) is 13.1. The van der Waals surface area contributed by atoms with E-state index in [1.165, 1.54) is 17.7 Å². The molecule has 20 heavy (non-hydrogen) atoms. The zero-order chi connectivity index (χ0) is 13.9. The summed E-state index contributed by atoms with van der Waals surface area (Å²) in [7, 11) is 0. The summed E-state index contributed by atoms with van der Waals surface area (Å²) < 4.78 is 0. The molecule has 0 saturated heterocycles. The summed E-state index contributed by atoms with van der Waals surface area (Å²) in [6, 6.07) is 2.92. The average molecular weight is 289 g/mol. The molecule has 0 bridgehead atoms. The van der Waals surface area contributed by atoms with E-state index in [1.807, 2.05) is 17.5 Å². The van der Waals surface area contributed by atoms with Crippen molar-refractivity contribution in [1.29, 1.82) is 0 Å². The van der Waals surface area contributed by atoms with Crippen molar-refractivity contribution in [2.75, 3.05) is 5.32 Å². The highest BCUT2D eigenvalue weighted by molar-refractivity contribution is 7.10.